The van der Waals surface area contributed by atoms with Crippen LogP contribution in [0.25, 0.3) is 0 Å². The van der Waals surface area contributed by atoms with Crippen molar-refractivity contribution in [1.82, 2.24) is 0 Å². The Bertz CT molecular complexity index is 128. The molecule has 0 unspecified atom stereocenters. The maximum atomic E-state index is 9.74. The van der Waals surface area contributed by atoms with Crippen LogP contribution in [0.15, 0.2) is 0 Å². The van der Waals surface area contributed by atoms with Gasteiger partial charge in [0.1, 0.15) is 0 Å². The van der Waals surface area contributed by atoms with Crippen LogP contribution in [0, 0.1) is 0 Å². The maximum absolute atomic E-state index is 9.74. The molecule has 0 radical (unpaired) electrons. The van der Waals surface area contributed by atoms with Gasteiger partial charge in [0.2, 0.25) is 0 Å². The molecule has 0 saturated carbocycles. The van der Waals surface area contributed by atoms with Crippen LogP contribution in [0.1, 0.15) is 0 Å². The van der Waals surface area contributed by atoms with Crippen molar-refractivity contribution in [3.63, 3.8) is 0 Å². The molecule has 0 aliphatic heterocycles. The Kier molecular flexibility index (Phi) is 7.61. The molecule has 0 atom stereocenters. The standard InChI is InChI=1S/C2H6O3S2.Na/c3-7(4,5)2-1-6;/h6H,1-2H2,(H,3,4,5);/q;+1. The maximum Gasteiger partial charge on any atom is 1.00 e. The molecule has 0 amide bonds. The molecule has 1 N–H and O–H groups in total. The van der Waals surface area contributed by atoms with E-state index in [1.165, 1.54) is 0 Å². The molecule has 0 aliphatic rings. The molecule has 0 saturated heterocycles. The molecule has 0 aromatic rings. The average molecular weight is 165 g/mol. The van der Waals surface area contributed by atoms with E-state index < -0.39 is 10.1 Å². The van der Waals surface area contributed by atoms with E-state index >= 15 is 0 Å². The Morgan fingerprint density at radius 3 is 1.88 bits per heavy atom. The van der Waals surface area contributed by atoms with Gasteiger partial charge in [0, 0.05) is 5.75 Å². The molecule has 0 bridgehead atoms. The van der Waals surface area contributed by atoms with Crippen molar-refractivity contribution >= 4 is 22.7 Å². The van der Waals surface area contributed by atoms with E-state index in [0.717, 1.165) is 0 Å². The summed E-state index contributed by atoms with van der Waals surface area (Å²) in [6, 6.07) is 0. The van der Waals surface area contributed by atoms with Crippen LogP contribution in [0.2, 0.25) is 0 Å². The number of rotatable bonds is 2. The first-order valence-electron chi connectivity index (χ1n) is 1.62. The summed E-state index contributed by atoms with van der Waals surface area (Å²) in [7, 11) is -3.75. The molecule has 0 spiro atoms. The number of hydrogen-bond donors (Lipinski definition) is 2. The second kappa shape index (κ2) is 5.08. The molecule has 0 rings (SSSR count). The van der Waals surface area contributed by atoms with Gasteiger partial charge in [0.15, 0.2) is 0 Å². The minimum atomic E-state index is -3.75. The van der Waals surface area contributed by atoms with Crippen LogP contribution in [-0.4, -0.2) is 24.5 Å². The third kappa shape index (κ3) is 10.3. The normalized spacial score (nSPS) is 10.2. The van der Waals surface area contributed by atoms with Crippen molar-refractivity contribution in [2.24, 2.45) is 0 Å². The van der Waals surface area contributed by atoms with E-state index in [9.17, 15) is 8.42 Å². The Morgan fingerprint density at radius 1 is 1.50 bits per heavy atom. The molecule has 0 heterocycles. The SMILES string of the molecule is O=S(=O)(O)CCS.[Na+]. The molecule has 0 fully saturated rings. The summed E-state index contributed by atoms with van der Waals surface area (Å²) >= 11 is 3.57. The van der Waals surface area contributed by atoms with Crippen LogP contribution < -0.4 is 29.6 Å². The molecule has 0 aliphatic carbocycles. The van der Waals surface area contributed by atoms with Gasteiger partial charge in [0.25, 0.3) is 10.1 Å². The molecule has 0 aromatic carbocycles. The van der Waals surface area contributed by atoms with Gasteiger partial charge in [-0.1, -0.05) is 0 Å². The smallest absolute Gasteiger partial charge is 0.286 e. The Labute approximate surface area is 76.3 Å². The van der Waals surface area contributed by atoms with Gasteiger partial charge in [0.05, 0.1) is 5.75 Å². The molecular formula is C2H6NaO3S2+. The van der Waals surface area contributed by atoms with Crippen LogP contribution in [-0.2, 0) is 10.1 Å². The predicted molar refractivity (Wildman–Crippen MR) is 30.3 cm³/mol. The van der Waals surface area contributed by atoms with E-state index in [2.05, 4.69) is 12.6 Å². The Balaban J connectivity index is 0. The van der Waals surface area contributed by atoms with Crippen molar-refractivity contribution in [3.05, 3.63) is 0 Å². The molecule has 6 heteroatoms. The van der Waals surface area contributed by atoms with E-state index in [0.29, 0.717) is 0 Å². The average Bonchev–Trinajstić information content (AvgIpc) is 1.30. The van der Waals surface area contributed by atoms with Gasteiger partial charge in [-0.05, 0) is 0 Å². The third-order valence-electron chi connectivity index (χ3n) is 0.349. The van der Waals surface area contributed by atoms with Gasteiger partial charge in [-0.15, -0.1) is 0 Å². The topological polar surface area (TPSA) is 54.4 Å². The summed E-state index contributed by atoms with van der Waals surface area (Å²) in [5.41, 5.74) is 0. The van der Waals surface area contributed by atoms with Gasteiger partial charge in [-0.2, -0.15) is 21.0 Å². The summed E-state index contributed by atoms with van der Waals surface area (Å²) in [4.78, 5) is 0. The summed E-state index contributed by atoms with van der Waals surface area (Å²) in [6.45, 7) is 0. The van der Waals surface area contributed by atoms with Gasteiger partial charge < -0.3 is 0 Å². The van der Waals surface area contributed by atoms with Crippen molar-refractivity contribution < 1.29 is 42.5 Å². The molecule has 8 heavy (non-hydrogen) atoms. The molecule has 44 valence electrons. The summed E-state index contributed by atoms with van der Waals surface area (Å²) < 4.78 is 27.4. The second-order valence-corrected chi connectivity index (χ2v) is 3.03. The third-order valence-corrected chi connectivity index (χ3v) is 1.60. The minimum absolute atomic E-state index is 0. The van der Waals surface area contributed by atoms with Crippen LogP contribution >= 0.6 is 12.6 Å². The zero-order chi connectivity index (χ0) is 5.91. The summed E-state index contributed by atoms with van der Waals surface area (Å²) in [5, 5.41) is 0. The largest absolute Gasteiger partial charge is 1.00 e. The van der Waals surface area contributed by atoms with Gasteiger partial charge >= 0.3 is 29.6 Å². The summed E-state index contributed by atoms with van der Waals surface area (Å²) in [5.74, 6) is -0.102. The minimum Gasteiger partial charge on any atom is -0.286 e. The number of thiol groups is 1. The van der Waals surface area contributed by atoms with E-state index in [1.54, 1.807) is 0 Å². The van der Waals surface area contributed by atoms with Crippen molar-refractivity contribution in [3.8, 4) is 0 Å². The van der Waals surface area contributed by atoms with Crippen LogP contribution in [0.4, 0.5) is 0 Å². The first-order valence-corrected chi connectivity index (χ1v) is 3.86. The van der Waals surface area contributed by atoms with Crippen molar-refractivity contribution in [1.29, 1.82) is 0 Å². The predicted octanol–water partition coefficient (Wildman–Crippen LogP) is -3.19. The van der Waals surface area contributed by atoms with Gasteiger partial charge in [-0.25, -0.2) is 0 Å². The fourth-order valence-electron chi connectivity index (χ4n) is 0.115. The Morgan fingerprint density at radius 2 is 1.88 bits per heavy atom. The first-order chi connectivity index (χ1) is 3.06. The van der Waals surface area contributed by atoms with Gasteiger partial charge in [-0.3, -0.25) is 4.55 Å². The fraction of sp³-hybridized carbons (Fsp3) is 1.00. The first kappa shape index (κ1) is 12.0. The van der Waals surface area contributed by atoms with E-state index in [4.69, 9.17) is 4.55 Å². The monoisotopic (exact) mass is 165 g/mol. The van der Waals surface area contributed by atoms with E-state index in [1.807, 2.05) is 0 Å². The van der Waals surface area contributed by atoms with E-state index in [-0.39, 0.29) is 41.1 Å². The second-order valence-electron chi connectivity index (χ2n) is 1.01. The van der Waals surface area contributed by atoms with Crippen molar-refractivity contribution in [2.75, 3.05) is 11.5 Å². The summed E-state index contributed by atoms with van der Waals surface area (Å²) in [6.07, 6.45) is 0. The fourth-order valence-corrected chi connectivity index (χ4v) is 1.04. The van der Waals surface area contributed by atoms with Crippen molar-refractivity contribution in [2.45, 2.75) is 0 Å². The Hall–Kier alpha value is 1.26. The van der Waals surface area contributed by atoms with Crippen LogP contribution in [0.5, 0.6) is 0 Å². The molecular weight excluding hydrogens is 159 g/mol. The quantitative estimate of drug-likeness (QED) is 0.257. The number of hydrogen-bond acceptors (Lipinski definition) is 3. The zero-order valence-electron chi connectivity index (χ0n) is 4.53. The zero-order valence-corrected chi connectivity index (χ0v) is 8.24. The van der Waals surface area contributed by atoms with Crippen LogP contribution in [0.3, 0.4) is 0 Å². The molecule has 0 aromatic heterocycles. The molecule has 3 nitrogen and oxygen atoms in total.